The molecule has 0 radical (unpaired) electrons. The fourth-order valence-electron chi connectivity index (χ4n) is 4.80. The predicted octanol–water partition coefficient (Wildman–Crippen LogP) is 3.86. The number of rotatable bonds is 4. The first kappa shape index (κ1) is 19.2. The van der Waals surface area contributed by atoms with Gasteiger partial charge in [-0.3, -0.25) is 9.69 Å². The van der Waals surface area contributed by atoms with Gasteiger partial charge in [-0.15, -0.1) is 0 Å². The zero-order valence-electron chi connectivity index (χ0n) is 15.8. The highest BCUT2D eigenvalue weighted by atomic mass is 35.5. The second kappa shape index (κ2) is 8.06. The van der Waals surface area contributed by atoms with Crippen LogP contribution in [-0.2, 0) is 16.1 Å². The zero-order chi connectivity index (χ0) is 18.9. The highest BCUT2D eigenvalue weighted by molar-refractivity contribution is 6.31. The molecule has 6 heteroatoms. The predicted molar refractivity (Wildman–Crippen MR) is 103 cm³/mol. The minimum Gasteiger partial charge on any atom is -0.376 e. The van der Waals surface area contributed by atoms with Gasteiger partial charge in [0.2, 0.25) is 5.91 Å². The van der Waals surface area contributed by atoms with Crippen molar-refractivity contribution in [2.75, 3.05) is 32.8 Å². The highest BCUT2D eigenvalue weighted by Gasteiger charge is 2.41. The number of amides is 1. The summed E-state index contributed by atoms with van der Waals surface area (Å²) in [6.07, 6.45) is 6.20. The van der Waals surface area contributed by atoms with Crippen molar-refractivity contribution in [2.24, 2.45) is 5.41 Å². The van der Waals surface area contributed by atoms with Gasteiger partial charge in [0.25, 0.3) is 0 Å². The Hall–Kier alpha value is -1.17. The summed E-state index contributed by atoms with van der Waals surface area (Å²) in [6, 6.07) is 4.57. The molecule has 3 aliphatic heterocycles. The van der Waals surface area contributed by atoms with Crippen LogP contribution in [0.1, 0.15) is 44.1 Å². The Labute approximate surface area is 165 Å². The van der Waals surface area contributed by atoms with Crippen molar-refractivity contribution in [3.63, 3.8) is 0 Å². The van der Waals surface area contributed by atoms with Gasteiger partial charge in [0.15, 0.2) is 0 Å². The molecule has 0 saturated carbocycles. The number of ether oxygens (including phenoxy) is 1. The van der Waals surface area contributed by atoms with Crippen LogP contribution in [0.3, 0.4) is 0 Å². The molecule has 1 amide bonds. The normalized spacial score (nSPS) is 26.1. The van der Waals surface area contributed by atoms with Crippen molar-refractivity contribution in [3.8, 4) is 0 Å². The maximum absolute atomic E-state index is 13.5. The molecule has 1 aromatic rings. The summed E-state index contributed by atoms with van der Waals surface area (Å²) >= 11 is 6.22. The van der Waals surface area contributed by atoms with Crippen LogP contribution < -0.4 is 0 Å². The SMILES string of the molecule is O=C1CCC2(CCN(Cc3cc(F)ccc3Cl)CC2)CN1C[C@H]1CCCO1. The van der Waals surface area contributed by atoms with Gasteiger partial charge in [-0.1, -0.05) is 11.6 Å². The quantitative estimate of drug-likeness (QED) is 0.777. The first-order valence-electron chi connectivity index (χ1n) is 10.1. The lowest BCUT2D eigenvalue weighted by Crippen LogP contribution is -2.52. The third-order valence-corrected chi connectivity index (χ3v) is 6.88. The fraction of sp³-hybridized carbons (Fsp3) is 0.667. The Balaban J connectivity index is 1.34. The summed E-state index contributed by atoms with van der Waals surface area (Å²) in [5, 5.41) is 0.627. The van der Waals surface area contributed by atoms with Crippen molar-refractivity contribution >= 4 is 17.5 Å². The van der Waals surface area contributed by atoms with E-state index in [9.17, 15) is 9.18 Å². The van der Waals surface area contributed by atoms with E-state index in [0.29, 0.717) is 18.0 Å². The van der Waals surface area contributed by atoms with Gasteiger partial charge >= 0.3 is 0 Å². The molecule has 148 valence electrons. The smallest absolute Gasteiger partial charge is 0.222 e. The molecular weight excluding hydrogens is 367 g/mol. The molecule has 0 aliphatic carbocycles. The number of carbonyl (C=O) groups is 1. The van der Waals surface area contributed by atoms with Crippen LogP contribution in [0.4, 0.5) is 4.39 Å². The van der Waals surface area contributed by atoms with Gasteiger partial charge in [-0.2, -0.15) is 0 Å². The van der Waals surface area contributed by atoms with Gasteiger partial charge in [-0.25, -0.2) is 4.39 Å². The molecule has 3 heterocycles. The average Bonchev–Trinajstić information content (AvgIpc) is 3.17. The zero-order valence-corrected chi connectivity index (χ0v) is 16.5. The van der Waals surface area contributed by atoms with Gasteiger partial charge in [0.1, 0.15) is 5.82 Å². The van der Waals surface area contributed by atoms with Gasteiger partial charge in [0, 0.05) is 37.7 Å². The lowest BCUT2D eigenvalue weighted by Gasteiger charge is -2.48. The first-order chi connectivity index (χ1) is 13.0. The third kappa shape index (κ3) is 4.47. The van der Waals surface area contributed by atoms with Crippen LogP contribution >= 0.6 is 11.6 Å². The fourth-order valence-corrected chi connectivity index (χ4v) is 4.98. The number of piperidine rings is 2. The average molecular weight is 395 g/mol. The monoisotopic (exact) mass is 394 g/mol. The number of likely N-dealkylation sites (tertiary alicyclic amines) is 2. The molecule has 0 unspecified atom stereocenters. The number of hydrogen-bond donors (Lipinski definition) is 0. The number of carbonyl (C=O) groups excluding carboxylic acids is 1. The lowest BCUT2D eigenvalue weighted by atomic mass is 9.72. The molecule has 3 saturated heterocycles. The van der Waals surface area contributed by atoms with Crippen molar-refractivity contribution < 1.29 is 13.9 Å². The molecule has 0 N–H and O–H groups in total. The Morgan fingerprint density at radius 3 is 2.81 bits per heavy atom. The van der Waals surface area contributed by atoms with Gasteiger partial charge in [0.05, 0.1) is 6.10 Å². The van der Waals surface area contributed by atoms with Gasteiger partial charge < -0.3 is 9.64 Å². The Morgan fingerprint density at radius 1 is 1.26 bits per heavy atom. The largest absolute Gasteiger partial charge is 0.376 e. The van der Waals surface area contributed by atoms with Crippen LogP contribution in [-0.4, -0.2) is 54.6 Å². The lowest BCUT2D eigenvalue weighted by molar-refractivity contribution is -0.141. The molecule has 4 rings (SSSR count). The summed E-state index contributed by atoms with van der Waals surface area (Å²) < 4.78 is 19.2. The Kier molecular flexibility index (Phi) is 5.72. The van der Waals surface area contributed by atoms with E-state index < -0.39 is 0 Å². The molecule has 0 bridgehead atoms. The molecule has 4 nitrogen and oxygen atoms in total. The van der Waals surface area contributed by atoms with E-state index in [-0.39, 0.29) is 23.2 Å². The first-order valence-corrected chi connectivity index (χ1v) is 10.5. The van der Waals surface area contributed by atoms with Crippen molar-refractivity contribution in [2.45, 2.75) is 51.2 Å². The van der Waals surface area contributed by atoms with E-state index in [1.807, 2.05) is 0 Å². The van der Waals surface area contributed by atoms with Crippen LogP contribution in [0.15, 0.2) is 18.2 Å². The minimum absolute atomic E-state index is 0.222. The van der Waals surface area contributed by atoms with Crippen LogP contribution in [0.5, 0.6) is 0 Å². The molecule has 1 spiro atoms. The topological polar surface area (TPSA) is 32.8 Å². The van der Waals surface area contributed by atoms with Crippen molar-refractivity contribution in [1.82, 2.24) is 9.80 Å². The summed E-state index contributed by atoms with van der Waals surface area (Å²) in [7, 11) is 0. The molecule has 1 aromatic carbocycles. The maximum atomic E-state index is 13.5. The second-order valence-electron chi connectivity index (χ2n) is 8.42. The Morgan fingerprint density at radius 2 is 2.07 bits per heavy atom. The highest BCUT2D eigenvalue weighted by Crippen LogP contribution is 2.41. The standard InChI is InChI=1S/C21H28ClFN2O2/c22-19-4-3-17(23)12-16(19)13-24-9-7-21(8-10-24)6-5-20(26)25(15-21)14-18-2-1-11-27-18/h3-4,12,18H,1-2,5-11,13-15H2/t18-/m1/s1. The van der Waals surface area contributed by atoms with E-state index in [1.54, 1.807) is 6.07 Å². The van der Waals surface area contributed by atoms with Crippen LogP contribution in [0.2, 0.25) is 5.02 Å². The van der Waals surface area contributed by atoms with Crippen LogP contribution in [0, 0.1) is 11.2 Å². The molecule has 3 aliphatic rings. The van der Waals surface area contributed by atoms with E-state index in [0.717, 1.165) is 70.5 Å². The summed E-state index contributed by atoms with van der Waals surface area (Å²) in [6.45, 7) is 5.06. The van der Waals surface area contributed by atoms with Crippen LogP contribution in [0.25, 0.3) is 0 Å². The number of halogens is 2. The second-order valence-corrected chi connectivity index (χ2v) is 8.83. The molecule has 0 aromatic heterocycles. The Bertz CT molecular complexity index is 685. The molecule has 27 heavy (non-hydrogen) atoms. The number of benzene rings is 1. The van der Waals surface area contributed by atoms with Crippen molar-refractivity contribution in [1.29, 1.82) is 0 Å². The molecule has 3 fully saturated rings. The van der Waals surface area contributed by atoms with E-state index >= 15 is 0 Å². The maximum Gasteiger partial charge on any atom is 0.222 e. The van der Waals surface area contributed by atoms with E-state index in [1.165, 1.54) is 12.1 Å². The number of hydrogen-bond acceptors (Lipinski definition) is 3. The molecular formula is C21H28ClFN2O2. The number of nitrogens with zero attached hydrogens (tertiary/aromatic N) is 2. The molecule has 1 atom stereocenters. The summed E-state index contributed by atoms with van der Waals surface area (Å²) in [5.74, 6) is 0.0449. The third-order valence-electron chi connectivity index (χ3n) is 6.51. The summed E-state index contributed by atoms with van der Waals surface area (Å²) in [4.78, 5) is 16.8. The van der Waals surface area contributed by atoms with Crippen molar-refractivity contribution in [3.05, 3.63) is 34.6 Å². The summed E-state index contributed by atoms with van der Waals surface area (Å²) in [5.41, 5.74) is 1.08. The van der Waals surface area contributed by atoms with E-state index in [2.05, 4.69) is 9.80 Å². The van der Waals surface area contributed by atoms with E-state index in [4.69, 9.17) is 16.3 Å². The minimum atomic E-state index is -0.238. The van der Waals surface area contributed by atoms with Gasteiger partial charge in [-0.05, 0) is 74.4 Å².